The highest BCUT2D eigenvalue weighted by atomic mass is 35.5. The fraction of sp³-hybridized carbons (Fsp3) is 0.538. The molecule has 5 nitrogen and oxygen atoms in total. The molecule has 0 amide bonds. The summed E-state index contributed by atoms with van der Waals surface area (Å²) in [6.07, 6.45) is 6.98. The Bertz CT molecular complexity index is 522. The first-order valence-corrected chi connectivity index (χ1v) is 6.40. The molecule has 0 radical (unpaired) electrons. The predicted molar refractivity (Wildman–Crippen MR) is 77.3 cm³/mol. The van der Waals surface area contributed by atoms with Crippen LogP contribution in [0.2, 0.25) is 0 Å². The second-order valence-corrected chi connectivity index (χ2v) is 5.53. The summed E-state index contributed by atoms with van der Waals surface area (Å²) in [5.74, 6) is 0.772. The van der Waals surface area contributed by atoms with Crippen LogP contribution in [0.5, 0.6) is 0 Å². The van der Waals surface area contributed by atoms with E-state index in [1.165, 1.54) is 6.42 Å². The fourth-order valence-electron chi connectivity index (χ4n) is 2.61. The molecule has 1 atom stereocenters. The maximum atomic E-state index is 5.83. The van der Waals surface area contributed by atoms with Crippen LogP contribution in [0.15, 0.2) is 24.7 Å². The normalized spacial score (nSPS) is 23.7. The SMILES string of the molecule is CC1(CN)CCN(Cc2cn3cccnc3n2)C1.Cl. The minimum absolute atomic E-state index is 0. The summed E-state index contributed by atoms with van der Waals surface area (Å²) in [6.45, 7) is 6.08. The van der Waals surface area contributed by atoms with E-state index in [2.05, 4.69) is 28.0 Å². The van der Waals surface area contributed by atoms with E-state index in [1.54, 1.807) is 6.20 Å². The van der Waals surface area contributed by atoms with E-state index < -0.39 is 0 Å². The largest absolute Gasteiger partial charge is 0.330 e. The molecule has 104 valence electrons. The lowest BCUT2D eigenvalue weighted by Gasteiger charge is -2.22. The summed E-state index contributed by atoms with van der Waals surface area (Å²) in [5.41, 5.74) is 7.18. The highest BCUT2D eigenvalue weighted by Gasteiger charge is 2.32. The number of halogens is 1. The van der Waals surface area contributed by atoms with Gasteiger partial charge >= 0.3 is 0 Å². The second kappa shape index (κ2) is 5.45. The first kappa shape index (κ1) is 14.2. The van der Waals surface area contributed by atoms with E-state index in [4.69, 9.17) is 5.73 Å². The maximum Gasteiger partial charge on any atom is 0.233 e. The van der Waals surface area contributed by atoms with Crippen molar-refractivity contribution in [2.24, 2.45) is 11.1 Å². The number of likely N-dealkylation sites (tertiary alicyclic amines) is 1. The van der Waals surface area contributed by atoms with Crippen molar-refractivity contribution in [1.29, 1.82) is 0 Å². The van der Waals surface area contributed by atoms with Crippen LogP contribution in [0.25, 0.3) is 5.78 Å². The third-order valence-corrected chi connectivity index (χ3v) is 3.80. The van der Waals surface area contributed by atoms with E-state index in [-0.39, 0.29) is 17.8 Å². The molecule has 0 bridgehead atoms. The Balaban J connectivity index is 0.00000133. The van der Waals surface area contributed by atoms with Crippen molar-refractivity contribution in [2.75, 3.05) is 19.6 Å². The molecule has 2 N–H and O–H groups in total. The topological polar surface area (TPSA) is 59.5 Å². The van der Waals surface area contributed by atoms with Crippen LogP contribution in [0.4, 0.5) is 0 Å². The molecule has 0 saturated carbocycles. The van der Waals surface area contributed by atoms with Gasteiger partial charge in [-0.2, -0.15) is 0 Å². The minimum atomic E-state index is 0. The third kappa shape index (κ3) is 2.88. The van der Waals surface area contributed by atoms with Crippen LogP contribution in [-0.2, 0) is 6.54 Å². The number of imidazole rings is 1. The van der Waals surface area contributed by atoms with Gasteiger partial charge in [0.05, 0.1) is 5.69 Å². The van der Waals surface area contributed by atoms with Crippen LogP contribution in [0.1, 0.15) is 19.0 Å². The van der Waals surface area contributed by atoms with E-state index >= 15 is 0 Å². The van der Waals surface area contributed by atoms with Crippen molar-refractivity contribution in [3.05, 3.63) is 30.4 Å². The summed E-state index contributed by atoms with van der Waals surface area (Å²) < 4.78 is 1.97. The standard InChI is InChI=1S/C13H19N5.ClH/c1-13(9-14)3-6-17(10-13)7-11-8-18-5-2-4-15-12(18)16-11;/h2,4-5,8H,3,6-7,9-10,14H2,1H3;1H. The highest BCUT2D eigenvalue weighted by Crippen LogP contribution is 2.29. The summed E-state index contributed by atoms with van der Waals surface area (Å²) >= 11 is 0. The Morgan fingerprint density at radius 2 is 2.32 bits per heavy atom. The van der Waals surface area contributed by atoms with Gasteiger partial charge in [0.25, 0.3) is 0 Å². The molecule has 1 unspecified atom stereocenters. The first-order valence-electron chi connectivity index (χ1n) is 6.40. The number of hydrogen-bond acceptors (Lipinski definition) is 4. The van der Waals surface area contributed by atoms with Gasteiger partial charge in [0.15, 0.2) is 0 Å². The van der Waals surface area contributed by atoms with Crippen LogP contribution in [-0.4, -0.2) is 38.9 Å². The first-order chi connectivity index (χ1) is 8.68. The molecule has 3 heterocycles. The van der Waals surface area contributed by atoms with Crippen LogP contribution < -0.4 is 5.73 Å². The van der Waals surface area contributed by atoms with Crippen molar-refractivity contribution in [3.8, 4) is 0 Å². The number of nitrogens with two attached hydrogens (primary N) is 1. The summed E-state index contributed by atoms with van der Waals surface area (Å²) in [5, 5.41) is 0. The lowest BCUT2D eigenvalue weighted by molar-refractivity contribution is 0.272. The van der Waals surface area contributed by atoms with E-state index in [0.29, 0.717) is 0 Å². The zero-order chi connectivity index (χ0) is 12.6. The molecule has 0 aromatic carbocycles. The zero-order valence-corrected chi connectivity index (χ0v) is 11.9. The third-order valence-electron chi connectivity index (χ3n) is 3.80. The number of rotatable bonds is 3. The molecule has 0 spiro atoms. The van der Waals surface area contributed by atoms with Crippen LogP contribution in [0, 0.1) is 5.41 Å². The lowest BCUT2D eigenvalue weighted by Crippen LogP contribution is -2.31. The number of hydrogen-bond donors (Lipinski definition) is 1. The molecule has 2 aromatic heterocycles. The average Bonchev–Trinajstić information content (AvgIpc) is 2.93. The molecule has 3 rings (SSSR count). The number of nitrogens with zero attached hydrogens (tertiary/aromatic N) is 4. The second-order valence-electron chi connectivity index (χ2n) is 5.53. The van der Waals surface area contributed by atoms with Gasteiger partial charge in [-0.25, -0.2) is 9.97 Å². The summed E-state index contributed by atoms with van der Waals surface area (Å²) in [7, 11) is 0. The molecule has 0 aliphatic carbocycles. The molecule has 19 heavy (non-hydrogen) atoms. The van der Waals surface area contributed by atoms with Gasteiger partial charge in [0.1, 0.15) is 0 Å². The van der Waals surface area contributed by atoms with E-state index in [1.807, 2.05) is 16.7 Å². The van der Waals surface area contributed by atoms with E-state index in [0.717, 1.165) is 37.7 Å². The van der Waals surface area contributed by atoms with Gasteiger partial charge in [0.2, 0.25) is 5.78 Å². The Kier molecular flexibility index (Phi) is 4.08. The fourth-order valence-corrected chi connectivity index (χ4v) is 2.61. The minimum Gasteiger partial charge on any atom is -0.330 e. The summed E-state index contributed by atoms with van der Waals surface area (Å²) in [6, 6.07) is 1.92. The molecule has 2 aromatic rings. The molecular weight excluding hydrogens is 262 g/mol. The van der Waals surface area contributed by atoms with E-state index in [9.17, 15) is 0 Å². The number of fused-ring (bicyclic) bond motifs is 1. The van der Waals surface area contributed by atoms with Gasteiger partial charge in [-0.3, -0.25) is 9.30 Å². The van der Waals surface area contributed by atoms with Crippen molar-refractivity contribution in [1.82, 2.24) is 19.3 Å². The van der Waals surface area contributed by atoms with Gasteiger partial charge in [-0.15, -0.1) is 12.4 Å². The molecule has 1 fully saturated rings. The van der Waals surface area contributed by atoms with Crippen molar-refractivity contribution in [2.45, 2.75) is 19.9 Å². The van der Waals surface area contributed by atoms with Crippen LogP contribution >= 0.6 is 12.4 Å². The highest BCUT2D eigenvalue weighted by molar-refractivity contribution is 5.85. The molecule has 6 heteroatoms. The Hall–Kier alpha value is -1.17. The Morgan fingerprint density at radius 1 is 1.47 bits per heavy atom. The van der Waals surface area contributed by atoms with Gasteiger partial charge in [-0.1, -0.05) is 6.92 Å². The predicted octanol–water partition coefficient (Wildman–Crippen LogP) is 1.32. The van der Waals surface area contributed by atoms with Gasteiger partial charge in [-0.05, 0) is 31.0 Å². The van der Waals surface area contributed by atoms with Crippen LogP contribution in [0.3, 0.4) is 0 Å². The van der Waals surface area contributed by atoms with Crippen molar-refractivity contribution in [3.63, 3.8) is 0 Å². The van der Waals surface area contributed by atoms with Gasteiger partial charge < -0.3 is 5.73 Å². The molecule has 1 aliphatic rings. The molecule has 1 aliphatic heterocycles. The Morgan fingerprint density at radius 3 is 3.00 bits per heavy atom. The molecule has 1 saturated heterocycles. The van der Waals surface area contributed by atoms with Crippen molar-refractivity contribution >= 4 is 18.2 Å². The van der Waals surface area contributed by atoms with Gasteiger partial charge in [0, 0.05) is 31.7 Å². The smallest absolute Gasteiger partial charge is 0.233 e. The van der Waals surface area contributed by atoms with Crippen molar-refractivity contribution < 1.29 is 0 Å². The molecular formula is C13H20ClN5. The summed E-state index contributed by atoms with van der Waals surface area (Å²) in [4.78, 5) is 11.2. The zero-order valence-electron chi connectivity index (χ0n) is 11.1. The monoisotopic (exact) mass is 281 g/mol. The maximum absolute atomic E-state index is 5.83. The quantitative estimate of drug-likeness (QED) is 0.922. The average molecular weight is 282 g/mol. The lowest BCUT2D eigenvalue weighted by atomic mass is 9.90. The Labute approximate surface area is 119 Å². The number of aromatic nitrogens is 3.